The molecule has 0 spiro atoms. The lowest BCUT2D eigenvalue weighted by atomic mass is 10.0. The molecule has 0 aromatic rings. The third kappa shape index (κ3) is 48.6. The molecule has 5 nitrogen and oxygen atoms in total. The van der Waals surface area contributed by atoms with Crippen LogP contribution >= 0.6 is 0 Å². The smallest absolute Gasteiger partial charge is 0.249 e. The van der Waals surface area contributed by atoms with Crippen LogP contribution in [0, 0.1) is 0 Å². The number of nitrogens with one attached hydrogen (secondary N) is 1. The van der Waals surface area contributed by atoms with Crippen molar-refractivity contribution in [1.82, 2.24) is 5.32 Å². The number of allylic oxidation sites excluding steroid dienone is 3. The van der Waals surface area contributed by atoms with Crippen LogP contribution in [0.5, 0.6) is 0 Å². The van der Waals surface area contributed by atoms with E-state index in [1.807, 2.05) is 6.08 Å². The predicted molar refractivity (Wildman–Crippen MR) is 278 cm³/mol. The second-order valence-corrected chi connectivity index (χ2v) is 19.9. The molecule has 0 aliphatic heterocycles. The van der Waals surface area contributed by atoms with E-state index in [1.165, 1.54) is 263 Å². The topological polar surface area (TPSA) is 89.8 Å². The zero-order valence-corrected chi connectivity index (χ0v) is 42.7. The number of hydrogen-bond donors (Lipinski definition) is 4. The van der Waals surface area contributed by atoms with Gasteiger partial charge in [0.1, 0.15) is 6.10 Å². The van der Waals surface area contributed by atoms with Crippen molar-refractivity contribution in [2.75, 3.05) is 6.61 Å². The average Bonchev–Trinajstić information content (AvgIpc) is 3.29. The van der Waals surface area contributed by atoms with Crippen LogP contribution in [-0.4, -0.2) is 46.1 Å². The molecule has 0 saturated carbocycles. The maximum atomic E-state index is 12.6. The molecule has 374 valence electrons. The first-order chi connectivity index (χ1) is 31.1. The van der Waals surface area contributed by atoms with Crippen molar-refractivity contribution < 1.29 is 20.1 Å². The highest BCUT2D eigenvalue weighted by molar-refractivity contribution is 5.80. The van der Waals surface area contributed by atoms with Gasteiger partial charge >= 0.3 is 0 Å². The maximum Gasteiger partial charge on any atom is 0.249 e. The van der Waals surface area contributed by atoms with E-state index in [2.05, 4.69) is 31.3 Å². The molecule has 1 amide bonds. The fourth-order valence-corrected chi connectivity index (χ4v) is 9.07. The number of amides is 1. The fraction of sp³-hybridized carbons (Fsp3) is 0.914. The molecule has 0 aliphatic carbocycles. The first-order valence-corrected chi connectivity index (χ1v) is 28.7. The SMILES string of the molecule is CCCCCCCCCCCCCC/C=C\CCCCCCCCCCC(O)C(=O)NC(CO)C(O)/C=C/CCCCCCCCCCCCCCCCCCCCCCCCC. The molecule has 0 aromatic heterocycles. The molecule has 0 aromatic carbocycles. The van der Waals surface area contributed by atoms with Crippen molar-refractivity contribution in [3.63, 3.8) is 0 Å². The van der Waals surface area contributed by atoms with Crippen LogP contribution in [0.15, 0.2) is 24.3 Å². The maximum absolute atomic E-state index is 12.6. The van der Waals surface area contributed by atoms with E-state index < -0.39 is 24.2 Å². The van der Waals surface area contributed by atoms with Crippen LogP contribution in [0.1, 0.15) is 316 Å². The van der Waals surface area contributed by atoms with Gasteiger partial charge < -0.3 is 20.6 Å². The Bertz CT molecular complexity index is 936. The van der Waals surface area contributed by atoms with Gasteiger partial charge in [0.15, 0.2) is 0 Å². The number of unbranched alkanes of at least 4 members (excludes halogenated alkanes) is 43. The van der Waals surface area contributed by atoms with Gasteiger partial charge in [0.2, 0.25) is 5.91 Å². The zero-order valence-electron chi connectivity index (χ0n) is 42.7. The molecule has 4 N–H and O–H groups in total. The number of hydrogen-bond acceptors (Lipinski definition) is 4. The number of aliphatic hydroxyl groups excluding tert-OH is 3. The van der Waals surface area contributed by atoms with Crippen molar-refractivity contribution in [2.45, 2.75) is 334 Å². The minimum absolute atomic E-state index is 0.362. The third-order valence-corrected chi connectivity index (χ3v) is 13.5. The first-order valence-electron chi connectivity index (χ1n) is 28.7. The second-order valence-electron chi connectivity index (χ2n) is 19.9. The lowest BCUT2D eigenvalue weighted by Gasteiger charge is -2.21. The van der Waals surface area contributed by atoms with Crippen molar-refractivity contribution in [3.8, 4) is 0 Å². The summed E-state index contributed by atoms with van der Waals surface area (Å²) >= 11 is 0. The van der Waals surface area contributed by atoms with Crippen molar-refractivity contribution in [1.29, 1.82) is 0 Å². The number of carbonyl (C=O) groups excluding carboxylic acids is 1. The van der Waals surface area contributed by atoms with E-state index in [4.69, 9.17) is 0 Å². The lowest BCUT2D eigenvalue weighted by Crippen LogP contribution is -2.48. The highest BCUT2D eigenvalue weighted by atomic mass is 16.3. The summed E-state index contributed by atoms with van der Waals surface area (Å²) in [4.78, 5) is 12.6. The average molecular weight is 889 g/mol. The van der Waals surface area contributed by atoms with Crippen molar-refractivity contribution in [3.05, 3.63) is 24.3 Å². The molecule has 0 fully saturated rings. The van der Waals surface area contributed by atoms with Gasteiger partial charge in [0, 0.05) is 0 Å². The second kappa shape index (κ2) is 53.4. The number of carbonyl (C=O) groups is 1. The highest BCUT2D eigenvalue weighted by Crippen LogP contribution is 2.17. The summed E-state index contributed by atoms with van der Waals surface area (Å²) in [5.74, 6) is -0.501. The molecule has 3 atom stereocenters. The van der Waals surface area contributed by atoms with Gasteiger partial charge in [-0.25, -0.2) is 0 Å². The summed E-state index contributed by atoms with van der Waals surface area (Å²) in [7, 11) is 0. The number of aliphatic hydroxyl groups is 3. The Morgan fingerprint density at radius 2 is 0.635 bits per heavy atom. The summed E-state index contributed by atoms with van der Waals surface area (Å²) in [6, 6.07) is -0.799. The molecule has 3 unspecified atom stereocenters. The normalized spacial score (nSPS) is 13.4. The van der Waals surface area contributed by atoms with Crippen LogP contribution in [0.3, 0.4) is 0 Å². The van der Waals surface area contributed by atoms with E-state index >= 15 is 0 Å². The Balaban J connectivity index is 3.57. The van der Waals surface area contributed by atoms with Gasteiger partial charge in [0.05, 0.1) is 18.8 Å². The van der Waals surface area contributed by atoms with Gasteiger partial charge in [-0.3, -0.25) is 4.79 Å². The minimum atomic E-state index is -1.10. The Kier molecular flexibility index (Phi) is 52.5. The van der Waals surface area contributed by atoms with Crippen LogP contribution in [-0.2, 0) is 4.79 Å². The molecule has 0 saturated heterocycles. The number of rotatable bonds is 53. The molecule has 63 heavy (non-hydrogen) atoms. The molecule has 0 bridgehead atoms. The van der Waals surface area contributed by atoms with Gasteiger partial charge in [-0.1, -0.05) is 295 Å². The van der Waals surface area contributed by atoms with Crippen LogP contribution in [0.2, 0.25) is 0 Å². The highest BCUT2D eigenvalue weighted by Gasteiger charge is 2.22. The van der Waals surface area contributed by atoms with Crippen LogP contribution in [0.4, 0.5) is 0 Å². The van der Waals surface area contributed by atoms with E-state index in [1.54, 1.807) is 6.08 Å². The first kappa shape index (κ1) is 61.8. The Morgan fingerprint density at radius 3 is 0.921 bits per heavy atom. The zero-order chi connectivity index (χ0) is 45.8. The molecular weight excluding hydrogens is 775 g/mol. The minimum Gasteiger partial charge on any atom is -0.394 e. The van der Waals surface area contributed by atoms with Crippen LogP contribution in [0.25, 0.3) is 0 Å². The quantitative estimate of drug-likeness (QED) is 0.0362. The Labute approximate surface area is 394 Å². The standard InChI is InChI=1S/C58H113NO4/c1-3-5-7-9-11-13-15-17-19-21-23-25-27-29-31-32-34-36-38-40-42-44-46-48-50-52-56(61)55(54-60)59-58(63)57(62)53-51-49-47-45-43-41-39-37-35-33-30-28-26-24-22-20-18-16-14-12-10-8-6-4-2/h30,33,50,52,55-57,60-62H,3-29,31-32,34-49,51,53-54H2,1-2H3,(H,59,63)/b33-30-,52-50+. The van der Waals surface area contributed by atoms with Crippen LogP contribution < -0.4 is 5.32 Å². The largest absolute Gasteiger partial charge is 0.394 e. The summed E-state index contributed by atoms with van der Waals surface area (Å²) in [5.41, 5.74) is 0. The van der Waals surface area contributed by atoms with E-state index in [-0.39, 0.29) is 6.61 Å². The summed E-state index contributed by atoms with van der Waals surface area (Å²) < 4.78 is 0. The third-order valence-electron chi connectivity index (χ3n) is 13.5. The molecular formula is C58H113NO4. The van der Waals surface area contributed by atoms with E-state index in [0.29, 0.717) is 6.42 Å². The van der Waals surface area contributed by atoms with Crippen molar-refractivity contribution >= 4 is 5.91 Å². The summed E-state index contributed by atoms with van der Waals surface area (Å²) in [6.45, 7) is 4.22. The molecule has 0 rings (SSSR count). The predicted octanol–water partition coefficient (Wildman–Crippen LogP) is 17.7. The van der Waals surface area contributed by atoms with E-state index in [0.717, 1.165) is 32.1 Å². The van der Waals surface area contributed by atoms with Gasteiger partial charge in [-0.2, -0.15) is 0 Å². The van der Waals surface area contributed by atoms with Gasteiger partial charge in [-0.05, 0) is 44.9 Å². The van der Waals surface area contributed by atoms with E-state index in [9.17, 15) is 20.1 Å². The molecule has 0 radical (unpaired) electrons. The molecule has 0 heterocycles. The molecule has 5 heteroatoms. The van der Waals surface area contributed by atoms with Gasteiger partial charge in [0.25, 0.3) is 0 Å². The summed E-state index contributed by atoms with van der Waals surface area (Å²) in [5, 5.41) is 33.4. The van der Waals surface area contributed by atoms with Crippen molar-refractivity contribution in [2.24, 2.45) is 0 Å². The lowest BCUT2D eigenvalue weighted by molar-refractivity contribution is -0.131. The van der Waals surface area contributed by atoms with Gasteiger partial charge in [-0.15, -0.1) is 0 Å². The summed E-state index contributed by atoms with van der Waals surface area (Å²) in [6.07, 6.45) is 68.3. The Hall–Kier alpha value is -1.17. The molecule has 0 aliphatic rings. The fourth-order valence-electron chi connectivity index (χ4n) is 9.07. The monoisotopic (exact) mass is 888 g/mol. The Morgan fingerprint density at radius 1 is 0.381 bits per heavy atom.